The van der Waals surface area contributed by atoms with Crippen molar-refractivity contribution < 1.29 is 27.9 Å². The number of nitrogens with one attached hydrogen (secondary N) is 1. The second-order valence-electron chi connectivity index (χ2n) is 8.46. The van der Waals surface area contributed by atoms with Gasteiger partial charge in [-0.3, -0.25) is 9.59 Å². The fourth-order valence-corrected chi connectivity index (χ4v) is 3.64. The number of carboxylic acid groups (broad SMARTS) is 1. The molecule has 0 aromatic heterocycles. The Bertz CT molecular complexity index is 645. The Morgan fingerprint density at radius 1 is 0.719 bits per heavy atom. The van der Waals surface area contributed by atoms with Gasteiger partial charge in [-0.1, -0.05) is 70.6 Å². The zero-order chi connectivity index (χ0) is 23.7. The molecule has 0 saturated heterocycles. The van der Waals surface area contributed by atoms with Gasteiger partial charge in [-0.2, -0.15) is 13.2 Å². The van der Waals surface area contributed by atoms with Gasteiger partial charge in [0.25, 0.3) is 0 Å². The summed E-state index contributed by atoms with van der Waals surface area (Å²) in [6.07, 6.45) is 8.48. The fraction of sp³-hybridized carbons (Fsp3) is 0.680. The van der Waals surface area contributed by atoms with Crippen molar-refractivity contribution in [2.45, 2.75) is 102 Å². The maximum atomic E-state index is 12.0. The Morgan fingerprint density at radius 2 is 1.16 bits per heavy atom. The molecule has 0 amide bonds. The lowest BCUT2D eigenvalue weighted by Gasteiger charge is -2.07. The van der Waals surface area contributed by atoms with E-state index in [1.165, 1.54) is 44.9 Å². The van der Waals surface area contributed by atoms with E-state index in [4.69, 9.17) is 5.11 Å². The molecule has 0 saturated carbocycles. The van der Waals surface area contributed by atoms with Crippen LogP contribution in [-0.2, 0) is 4.79 Å². The van der Waals surface area contributed by atoms with E-state index in [0.717, 1.165) is 37.9 Å². The third-order valence-corrected chi connectivity index (χ3v) is 5.48. The predicted octanol–water partition coefficient (Wildman–Crippen LogP) is 7.78. The number of anilines is 1. The quantitative estimate of drug-likeness (QED) is 0.126. The van der Waals surface area contributed by atoms with Gasteiger partial charge in [-0.05, 0) is 37.1 Å². The summed E-state index contributed by atoms with van der Waals surface area (Å²) in [6.45, 7) is 0.866. The molecular formula is C25H38F3NO3. The van der Waals surface area contributed by atoms with Gasteiger partial charge in [0.1, 0.15) is 6.42 Å². The van der Waals surface area contributed by atoms with E-state index in [-0.39, 0.29) is 12.2 Å². The van der Waals surface area contributed by atoms with Gasteiger partial charge < -0.3 is 10.4 Å². The highest BCUT2D eigenvalue weighted by atomic mass is 19.4. The van der Waals surface area contributed by atoms with Crippen molar-refractivity contribution in [3.8, 4) is 0 Å². The Morgan fingerprint density at radius 3 is 1.59 bits per heavy atom. The number of alkyl halides is 3. The SMILES string of the molecule is O=C(O)CC(=O)c1ccc(NCCCCCCCCCCCCCCCC(F)(F)F)cc1. The summed E-state index contributed by atoms with van der Waals surface area (Å²) in [4.78, 5) is 22.3. The second kappa shape index (κ2) is 16.6. The number of halogens is 3. The van der Waals surface area contributed by atoms with E-state index in [9.17, 15) is 22.8 Å². The first-order valence-corrected chi connectivity index (χ1v) is 11.9. The van der Waals surface area contributed by atoms with Gasteiger partial charge >= 0.3 is 12.1 Å². The van der Waals surface area contributed by atoms with Crippen LogP contribution in [0.15, 0.2) is 24.3 Å². The molecular weight excluding hydrogens is 419 g/mol. The van der Waals surface area contributed by atoms with E-state index < -0.39 is 25.0 Å². The number of benzene rings is 1. The minimum Gasteiger partial charge on any atom is -0.481 e. The number of Topliss-reactive ketones (excluding diaryl/α,β-unsaturated/α-hetero) is 1. The number of aliphatic carboxylic acids is 1. The van der Waals surface area contributed by atoms with Gasteiger partial charge in [0, 0.05) is 24.2 Å². The summed E-state index contributed by atoms with van der Waals surface area (Å²) in [5.74, 6) is -1.50. The number of rotatable bonds is 19. The smallest absolute Gasteiger partial charge is 0.389 e. The van der Waals surface area contributed by atoms with Crippen molar-refractivity contribution in [2.24, 2.45) is 0 Å². The van der Waals surface area contributed by atoms with E-state index >= 15 is 0 Å². The summed E-state index contributed by atoms with van der Waals surface area (Å²) in [7, 11) is 0. The number of hydrogen-bond acceptors (Lipinski definition) is 3. The maximum absolute atomic E-state index is 12.0. The number of ketones is 1. The van der Waals surface area contributed by atoms with E-state index in [1.807, 2.05) is 0 Å². The van der Waals surface area contributed by atoms with Crippen LogP contribution in [0.5, 0.6) is 0 Å². The zero-order valence-electron chi connectivity index (χ0n) is 19.0. The molecule has 0 bridgehead atoms. The van der Waals surface area contributed by atoms with Crippen molar-refractivity contribution in [3.05, 3.63) is 29.8 Å². The Balaban J connectivity index is 1.88. The van der Waals surface area contributed by atoms with Gasteiger partial charge in [0.2, 0.25) is 0 Å². The third-order valence-electron chi connectivity index (χ3n) is 5.48. The van der Waals surface area contributed by atoms with Crippen LogP contribution in [0.1, 0.15) is 107 Å². The molecule has 1 rings (SSSR count). The predicted molar refractivity (Wildman–Crippen MR) is 122 cm³/mol. The summed E-state index contributed by atoms with van der Waals surface area (Å²) in [5.41, 5.74) is 1.34. The molecule has 0 aliphatic heterocycles. The van der Waals surface area contributed by atoms with Crippen LogP contribution in [0.25, 0.3) is 0 Å². The average molecular weight is 458 g/mol. The number of carbonyl (C=O) groups is 2. The maximum Gasteiger partial charge on any atom is 0.389 e. The van der Waals surface area contributed by atoms with Crippen LogP contribution in [0.2, 0.25) is 0 Å². The van der Waals surface area contributed by atoms with Gasteiger partial charge in [0.05, 0.1) is 0 Å². The molecule has 0 atom stereocenters. The van der Waals surface area contributed by atoms with Crippen LogP contribution in [0, 0.1) is 0 Å². The largest absolute Gasteiger partial charge is 0.481 e. The van der Waals surface area contributed by atoms with E-state index in [1.54, 1.807) is 24.3 Å². The molecule has 32 heavy (non-hydrogen) atoms. The molecule has 1 aromatic rings. The first-order valence-electron chi connectivity index (χ1n) is 11.9. The topological polar surface area (TPSA) is 66.4 Å². The molecule has 0 aliphatic rings. The lowest BCUT2D eigenvalue weighted by atomic mass is 10.0. The summed E-state index contributed by atoms with van der Waals surface area (Å²) < 4.78 is 36.1. The zero-order valence-corrected chi connectivity index (χ0v) is 19.0. The van der Waals surface area contributed by atoms with Crippen LogP contribution >= 0.6 is 0 Å². The van der Waals surface area contributed by atoms with Gasteiger partial charge in [-0.25, -0.2) is 0 Å². The minimum absolute atomic E-state index is 0.265. The number of unbranched alkanes of at least 4 members (excludes halogenated alkanes) is 12. The minimum atomic E-state index is -4.00. The first kappa shape index (κ1) is 28.0. The van der Waals surface area contributed by atoms with E-state index in [0.29, 0.717) is 12.0 Å². The molecule has 0 radical (unpaired) electrons. The molecule has 1 aromatic carbocycles. The average Bonchev–Trinajstić information content (AvgIpc) is 2.72. The van der Waals surface area contributed by atoms with Crippen LogP contribution < -0.4 is 5.32 Å². The van der Waals surface area contributed by atoms with Crippen molar-refractivity contribution >= 4 is 17.4 Å². The fourth-order valence-electron chi connectivity index (χ4n) is 3.64. The number of hydrogen-bond donors (Lipinski definition) is 2. The molecule has 0 spiro atoms. The monoisotopic (exact) mass is 457 g/mol. The van der Waals surface area contributed by atoms with Gasteiger partial charge in [-0.15, -0.1) is 0 Å². The third kappa shape index (κ3) is 15.7. The molecule has 182 valence electrons. The Labute approximate surface area is 190 Å². The molecule has 0 heterocycles. The van der Waals surface area contributed by atoms with Crippen LogP contribution in [-0.4, -0.2) is 29.6 Å². The van der Waals surface area contributed by atoms with Crippen molar-refractivity contribution in [1.29, 1.82) is 0 Å². The summed E-state index contributed by atoms with van der Waals surface area (Å²) >= 11 is 0. The number of carbonyl (C=O) groups excluding carboxylic acids is 1. The van der Waals surface area contributed by atoms with Crippen molar-refractivity contribution in [1.82, 2.24) is 0 Å². The number of carboxylic acids is 1. The standard InChI is InChI=1S/C25H38F3NO3/c26-25(27,28)18-12-10-8-6-4-2-1-3-5-7-9-11-13-19-29-22-16-14-21(15-17-22)23(30)20-24(31)32/h14-17,29H,1-13,18-20H2,(H,31,32). The molecule has 4 nitrogen and oxygen atoms in total. The normalized spacial score (nSPS) is 11.5. The molecule has 0 aliphatic carbocycles. The summed E-state index contributed by atoms with van der Waals surface area (Å²) in [5, 5.41) is 12.0. The molecule has 0 fully saturated rings. The molecule has 2 N–H and O–H groups in total. The first-order chi connectivity index (χ1) is 15.3. The molecule has 7 heteroatoms. The summed E-state index contributed by atoms with van der Waals surface area (Å²) in [6, 6.07) is 6.92. The van der Waals surface area contributed by atoms with Crippen LogP contribution in [0.4, 0.5) is 18.9 Å². The highest BCUT2D eigenvalue weighted by Crippen LogP contribution is 2.23. The second-order valence-corrected chi connectivity index (χ2v) is 8.46. The van der Waals surface area contributed by atoms with Crippen LogP contribution in [0.3, 0.4) is 0 Å². The Hall–Kier alpha value is -2.05. The lowest BCUT2D eigenvalue weighted by molar-refractivity contribution is -0.136. The highest BCUT2D eigenvalue weighted by molar-refractivity contribution is 6.05. The highest BCUT2D eigenvalue weighted by Gasteiger charge is 2.25. The lowest BCUT2D eigenvalue weighted by Crippen LogP contribution is -2.07. The van der Waals surface area contributed by atoms with Crippen molar-refractivity contribution in [3.63, 3.8) is 0 Å². The Kier molecular flexibility index (Phi) is 14.5. The van der Waals surface area contributed by atoms with Crippen molar-refractivity contribution in [2.75, 3.05) is 11.9 Å². The molecule has 0 unspecified atom stereocenters. The van der Waals surface area contributed by atoms with E-state index in [2.05, 4.69) is 5.32 Å². The van der Waals surface area contributed by atoms with Gasteiger partial charge in [0.15, 0.2) is 5.78 Å².